The van der Waals surface area contributed by atoms with Gasteiger partial charge in [0.15, 0.2) is 0 Å². The molecule has 1 aliphatic heterocycles. The summed E-state index contributed by atoms with van der Waals surface area (Å²) in [7, 11) is 0. The number of aromatic hydroxyl groups is 1. The number of hydrogen-bond donors (Lipinski definition) is 3. The Labute approximate surface area is 175 Å². The second-order valence-electron chi connectivity index (χ2n) is 6.40. The lowest BCUT2D eigenvalue weighted by molar-refractivity contribution is -0.119. The predicted molar refractivity (Wildman–Crippen MR) is 113 cm³/mol. The molecule has 7 heteroatoms. The average Bonchev–Trinajstić information content (AvgIpc) is 3.22. The van der Waals surface area contributed by atoms with Crippen molar-refractivity contribution in [3.63, 3.8) is 0 Å². The molecule has 1 unspecified atom stereocenters. The van der Waals surface area contributed by atoms with Crippen molar-refractivity contribution in [2.24, 2.45) is 0 Å². The van der Waals surface area contributed by atoms with Crippen LogP contribution in [0.3, 0.4) is 0 Å². The van der Waals surface area contributed by atoms with Crippen LogP contribution in [0.5, 0.6) is 5.75 Å². The standard InChI is InChI=1S/C21H16ClNO3S2/c22-16-3-1-2-4-18(16)28-19-17(25)11-21(23-20(19)26,14-9-10-27-12-14)13-5-7-15(24)8-6-13/h1-10,12,24-25H,11H2,(H,23,26). The lowest BCUT2D eigenvalue weighted by Crippen LogP contribution is -2.50. The molecule has 2 heterocycles. The van der Waals surface area contributed by atoms with Crippen LogP contribution in [0.2, 0.25) is 5.02 Å². The van der Waals surface area contributed by atoms with Crippen molar-refractivity contribution in [3.05, 3.63) is 92.2 Å². The number of nitrogens with one attached hydrogen (secondary N) is 1. The van der Waals surface area contributed by atoms with Gasteiger partial charge in [0.1, 0.15) is 16.4 Å². The smallest absolute Gasteiger partial charge is 0.262 e. The monoisotopic (exact) mass is 429 g/mol. The number of phenolic OH excluding ortho intramolecular Hbond substituents is 1. The van der Waals surface area contributed by atoms with Crippen LogP contribution in [0.15, 0.2) is 80.9 Å². The van der Waals surface area contributed by atoms with Crippen molar-refractivity contribution in [1.29, 1.82) is 0 Å². The number of thiophene rings is 1. The van der Waals surface area contributed by atoms with E-state index in [1.807, 2.05) is 29.0 Å². The molecule has 0 saturated carbocycles. The van der Waals surface area contributed by atoms with Crippen LogP contribution in [0.4, 0.5) is 0 Å². The molecule has 0 saturated heterocycles. The molecular formula is C21H16ClNO3S2. The molecule has 0 fully saturated rings. The van der Waals surface area contributed by atoms with Gasteiger partial charge in [-0.3, -0.25) is 4.79 Å². The maximum atomic E-state index is 13.0. The zero-order chi connectivity index (χ0) is 19.7. The van der Waals surface area contributed by atoms with Crippen LogP contribution >= 0.6 is 34.7 Å². The number of benzene rings is 2. The normalized spacial score (nSPS) is 19.5. The highest BCUT2D eigenvalue weighted by atomic mass is 35.5. The van der Waals surface area contributed by atoms with Crippen molar-refractivity contribution in [2.45, 2.75) is 16.9 Å². The molecule has 0 bridgehead atoms. The fourth-order valence-corrected chi connectivity index (χ4v) is 5.12. The first kappa shape index (κ1) is 18.9. The van der Waals surface area contributed by atoms with Crippen molar-refractivity contribution < 1.29 is 15.0 Å². The molecule has 3 aromatic rings. The predicted octanol–water partition coefficient (Wildman–Crippen LogP) is 5.43. The summed E-state index contributed by atoms with van der Waals surface area (Å²) in [6, 6.07) is 15.8. The van der Waals surface area contributed by atoms with E-state index in [1.165, 1.54) is 11.3 Å². The van der Waals surface area contributed by atoms with Crippen molar-refractivity contribution in [3.8, 4) is 5.75 Å². The van der Waals surface area contributed by atoms with Crippen LogP contribution in [-0.4, -0.2) is 16.1 Å². The van der Waals surface area contributed by atoms with E-state index in [4.69, 9.17) is 11.6 Å². The molecule has 1 amide bonds. The maximum Gasteiger partial charge on any atom is 0.262 e. The van der Waals surface area contributed by atoms with E-state index in [-0.39, 0.29) is 28.7 Å². The number of carbonyl (C=O) groups is 1. The Bertz CT molecular complexity index is 1050. The highest BCUT2D eigenvalue weighted by Gasteiger charge is 2.43. The molecule has 0 aliphatic carbocycles. The van der Waals surface area contributed by atoms with Gasteiger partial charge in [-0.05, 0) is 52.2 Å². The number of phenols is 1. The number of aliphatic hydroxyl groups is 1. The summed E-state index contributed by atoms with van der Waals surface area (Å²) in [4.78, 5) is 14.0. The Kier molecular flexibility index (Phi) is 5.10. The quantitative estimate of drug-likeness (QED) is 0.517. The maximum absolute atomic E-state index is 13.0. The molecule has 4 nitrogen and oxygen atoms in total. The average molecular weight is 430 g/mol. The molecule has 28 heavy (non-hydrogen) atoms. The molecule has 0 radical (unpaired) electrons. The minimum atomic E-state index is -0.903. The second kappa shape index (κ2) is 7.54. The van der Waals surface area contributed by atoms with Crippen LogP contribution in [0.25, 0.3) is 0 Å². The van der Waals surface area contributed by atoms with E-state index in [0.717, 1.165) is 22.9 Å². The minimum absolute atomic E-state index is 0.00736. The zero-order valence-corrected chi connectivity index (χ0v) is 16.9. The molecule has 1 atom stereocenters. The molecule has 3 N–H and O–H groups in total. The second-order valence-corrected chi connectivity index (χ2v) is 8.64. The number of carbonyl (C=O) groups excluding carboxylic acids is 1. The highest BCUT2D eigenvalue weighted by molar-refractivity contribution is 8.04. The van der Waals surface area contributed by atoms with Gasteiger partial charge in [-0.1, -0.05) is 47.6 Å². The third kappa shape index (κ3) is 3.39. The molecule has 2 aromatic carbocycles. The third-order valence-electron chi connectivity index (χ3n) is 4.65. The van der Waals surface area contributed by atoms with Gasteiger partial charge in [0.2, 0.25) is 0 Å². The Morgan fingerprint density at radius 2 is 1.79 bits per heavy atom. The summed E-state index contributed by atoms with van der Waals surface area (Å²) >= 11 is 8.88. The summed E-state index contributed by atoms with van der Waals surface area (Å²) in [6.45, 7) is 0. The molecule has 4 rings (SSSR count). The summed E-state index contributed by atoms with van der Waals surface area (Å²) in [6.07, 6.45) is 0.201. The Morgan fingerprint density at radius 3 is 2.43 bits per heavy atom. The number of hydrogen-bond acceptors (Lipinski definition) is 5. The lowest BCUT2D eigenvalue weighted by Gasteiger charge is -2.38. The summed E-state index contributed by atoms with van der Waals surface area (Å²) in [5.41, 5.74) is 0.759. The summed E-state index contributed by atoms with van der Waals surface area (Å²) < 4.78 is 0. The van der Waals surface area contributed by atoms with Crippen LogP contribution in [0, 0.1) is 0 Å². The fraction of sp³-hybridized carbons (Fsp3) is 0.0952. The molecular weight excluding hydrogens is 414 g/mol. The van der Waals surface area contributed by atoms with Crippen molar-refractivity contribution >= 4 is 40.6 Å². The molecule has 1 aliphatic rings. The Balaban J connectivity index is 1.77. The highest BCUT2D eigenvalue weighted by Crippen LogP contribution is 2.44. The minimum Gasteiger partial charge on any atom is -0.511 e. The van der Waals surface area contributed by atoms with E-state index in [9.17, 15) is 15.0 Å². The van der Waals surface area contributed by atoms with Gasteiger partial charge in [0, 0.05) is 11.3 Å². The van der Waals surface area contributed by atoms with Gasteiger partial charge in [-0.15, -0.1) is 0 Å². The first-order valence-corrected chi connectivity index (χ1v) is 10.6. The van der Waals surface area contributed by atoms with Gasteiger partial charge < -0.3 is 15.5 Å². The van der Waals surface area contributed by atoms with Crippen LogP contribution in [0.1, 0.15) is 17.5 Å². The molecule has 142 valence electrons. The zero-order valence-electron chi connectivity index (χ0n) is 14.6. The number of aliphatic hydroxyl groups excluding tert-OH is 1. The van der Waals surface area contributed by atoms with Gasteiger partial charge in [-0.25, -0.2) is 0 Å². The van der Waals surface area contributed by atoms with Gasteiger partial charge >= 0.3 is 0 Å². The molecule has 0 spiro atoms. The largest absolute Gasteiger partial charge is 0.511 e. The summed E-state index contributed by atoms with van der Waals surface area (Å²) in [5, 5.41) is 28.0. The number of thioether (sulfide) groups is 1. The first-order chi connectivity index (χ1) is 13.5. The summed E-state index contributed by atoms with van der Waals surface area (Å²) in [5.74, 6) is -0.220. The van der Waals surface area contributed by atoms with Crippen molar-refractivity contribution in [1.82, 2.24) is 5.32 Å². The fourth-order valence-electron chi connectivity index (χ4n) is 3.27. The van der Waals surface area contributed by atoms with E-state index >= 15 is 0 Å². The Hall–Kier alpha value is -2.41. The number of halogens is 1. The first-order valence-electron chi connectivity index (χ1n) is 8.49. The Morgan fingerprint density at radius 1 is 1.04 bits per heavy atom. The van der Waals surface area contributed by atoms with E-state index in [1.54, 1.807) is 36.4 Å². The van der Waals surface area contributed by atoms with Crippen molar-refractivity contribution in [2.75, 3.05) is 0 Å². The SMILES string of the molecule is O=C1NC(c2ccc(O)cc2)(c2ccsc2)CC(O)=C1Sc1ccccc1Cl. The number of amides is 1. The number of rotatable bonds is 4. The topological polar surface area (TPSA) is 69.6 Å². The lowest BCUT2D eigenvalue weighted by atomic mass is 9.79. The van der Waals surface area contributed by atoms with E-state index in [2.05, 4.69) is 5.32 Å². The van der Waals surface area contributed by atoms with E-state index in [0.29, 0.717) is 9.92 Å². The van der Waals surface area contributed by atoms with Crippen LogP contribution in [-0.2, 0) is 10.3 Å². The van der Waals surface area contributed by atoms with Gasteiger partial charge in [0.05, 0.1) is 10.6 Å². The third-order valence-corrected chi connectivity index (χ3v) is 6.98. The molecule has 1 aromatic heterocycles. The van der Waals surface area contributed by atoms with Crippen LogP contribution < -0.4 is 5.32 Å². The van der Waals surface area contributed by atoms with Gasteiger partial charge in [-0.2, -0.15) is 11.3 Å². The van der Waals surface area contributed by atoms with E-state index < -0.39 is 5.54 Å². The van der Waals surface area contributed by atoms with Gasteiger partial charge in [0.25, 0.3) is 5.91 Å².